The minimum Gasteiger partial charge on any atom is -0.479 e. The first-order valence-electron chi connectivity index (χ1n) is 5.86. The van der Waals surface area contributed by atoms with Crippen LogP contribution in [0.15, 0.2) is 30.3 Å². The summed E-state index contributed by atoms with van der Waals surface area (Å²) in [5, 5.41) is 8.85. The molecule has 1 aromatic rings. The third kappa shape index (κ3) is 5.39. The van der Waals surface area contributed by atoms with E-state index in [-0.39, 0.29) is 12.5 Å². The van der Waals surface area contributed by atoms with Crippen LogP contribution in [0.3, 0.4) is 0 Å². The lowest BCUT2D eigenvalue weighted by Crippen LogP contribution is -2.37. The Morgan fingerprint density at radius 3 is 2.42 bits per heavy atom. The number of aliphatic carboxylic acids is 1. The van der Waals surface area contributed by atoms with E-state index in [0.717, 1.165) is 5.56 Å². The Kier molecular flexibility index (Phi) is 5.81. The van der Waals surface area contributed by atoms with Gasteiger partial charge in [-0.25, -0.2) is 9.59 Å². The SMILES string of the molecule is CC(C)[C@H](ONC(=O)OCc1ccccc1)C(=O)O. The van der Waals surface area contributed by atoms with Crippen molar-refractivity contribution in [2.75, 3.05) is 0 Å². The molecule has 0 fully saturated rings. The summed E-state index contributed by atoms with van der Waals surface area (Å²) < 4.78 is 4.87. The summed E-state index contributed by atoms with van der Waals surface area (Å²) in [4.78, 5) is 26.9. The number of rotatable bonds is 6. The number of carboxylic acids is 1. The molecule has 0 aliphatic carbocycles. The van der Waals surface area contributed by atoms with Crippen molar-refractivity contribution in [2.45, 2.75) is 26.6 Å². The highest BCUT2D eigenvalue weighted by Gasteiger charge is 2.23. The molecule has 1 atom stereocenters. The number of ether oxygens (including phenoxy) is 1. The molecule has 0 radical (unpaired) electrons. The second-order valence-electron chi connectivity index (χ2n) is 4.28. The fourth-order valence-electron chi connectivity index (χ4n) is 1.34. The predicted molar refractivity (Wildman–Crippen MR) is 67.1 cm³/mol. The van der Waals surface area contributed by atoms with Gasteiger partial charge >= 0.3 is 12.1 Å². The van der Waals surface area contributed by atoms with Crippen molar-refractivity contribution >= 4 is 12.1 Å². The average molecular weight is 267 g/mol. The zero-order valence-corrected chi connectivity index (χ0v) is 10.8. The van der Waals surface area contributed by atoms with Crippen molar-refractivity contribution in [3.05, 3.63) is 35.9 Å². The van der Waals surface area contributed by atoms with Crippen LogP contribution in [-0.2, 0) is 21.0 Å². The Bertz CT molecular complexity index is 418. The molecule has 1 amide bonds. The van der Waals surface area contributed by atoms with Gasteiger partial charge in [0.2, 0.25) is 0 Å². The molecular formula is C13H17NO5. The second kappa shape index (κ2) is 7.38. The number of carbonyl (C=O) groups excluding carboxylic acids is 1. The number of amides is 1. The van der Waals surface area contributed by atoms with Crippen LogP contribution in [0.5, 0.6) is 0 Å². The van der Waals surface area contributed by atoms with E-state index in [1.54, 1.807) is 13.8 Å². The number of hydrogen-bond donors (Lipinski definition) is 2. The van der Waals surface area contributed by atoms with Gasteiger partial charge in [-0.15, -0.1) is 0 Å². The van der Waals surface area contributed by atoms with Gasteiger partial charge in [-0.05, 0) is 11.5 Å². The molecule has 6 heteroatoms. The van der Waals surface area contributed by atoms with E-state index in [4.69, 9.17) is 14.7 Å². The van der Waals surface area contributed by atoms with Crippen LogP contribution in [0.25, 0.3) is 0 Å². The van der Waals surface area contributed by atoms with Crippen LogP contribution >= 0.6 is 0 Å². The highest BCUT2D eigenvalue weighted by molar-refractivity contribution is 5.73. The molecule has 0 saturated heterocycles. The minimum atomic E-state index is -1.14. The summed E-state index contributed by atoms with van der Waals surface area (Å²) >= 11 is 0. The van der Waals surface area contributed by atoms with E-state index in [9.17, 15) is 9.59 Å². The van der Waals surface area contributed by atoms with E-state index >= 15 is 0 Å². The second-order valence-corrected chi connectivity index (χ2v) is 4.28. The molecule has 2 N–H and O–H groups in total. The first-order chi connectivity index (χ1) is 9.00. The fraction of sp³-hybridized carbons (Fsp3) is 0.385. The summed E-state index contributed by atoms with van der Waals surface area (Å²) in [6, 6.07) is 9.12. The first kappa shape index (κ1) is 15.0. The van der Waals surface area contributed by atoms with Crippen molar-refractivity contribution in [2.24, 2.45) is 5.92 Å². The molecule has 0 saturated carbocycles. The molecule has 1 rings (SSSR count). The number of benzene rings is 1. The zero-order valence-electron chi connectivity index (χ0n) is 10.8. The summed E-state index contributed by atoms with van der Waals surface area (Å²) in [5.41, 5.74) is 2.80. The van der Waals surface area contributed by atoms with Gasteiger partial charge in [0, 0.05) is 0 Å². The number of hydrogen-bond acceptors (Lipinski definition) is 4. The summed E-state index contributed by atoms with van der Waals surface area (Å²) in [6.45, 7) is 3.45. The van der Waals surface area contributed by atoms with Gasteiger partial charge in [-0.3, -0.25) is 4.84 Å². The lowest BCUT2D eigenvalue weighted by atomic mass is 10.1. The molecule has 0 aromatic heterocycles. The third-order valence-corrected chi connectivity index (χ3v) is 2.33. The smallest absolute Gasteiger partial charge is 0.431 e. The van der Waals surface area contributed by atoms with Gasteiger partial charge < -0.3 is 9.84 Å². The maximum Gasteiger partial charge on any atom is 0.431 e. The molecule has 1 aromatic carbocycles. The van der Waals surface area contributed by atoms with E-state index < -0.39 is 18.2 Å². The molecule has 6 nitrogen and oxygen atoms in total. The van der Waals surface area contributed by atoms with Crippen LogP contribution in [0.1, 0.15) is 19.4 Å². The van der Waals surface area contributed by atoms with Gasteiger partial charge in [0.15, 0.2) is 6.10 Å². The standard InChI is InChI=1S/C13H17NO5/c1-9(2)11(12(15)16)19-14-13(17)18-8-10-6-4-3-5-7-10/h3-7,9,11H,8H2,1-2H3,(H,14,17)(H,15,16)/t11-/m0/s1. The monoisotopic (exact) mass is 267 g/mol. The van der Waals surface area contributed by atoms with E-state index in [0.29, 0.717) is 0 Å². The van der Waals surface area contributed by atoms with Gasteiger partial charge in [-0.1, -0.05) is 44.2 Å². The van der Waals surface area contributed by atoms with Crippen LogP contribution in [0.4, 0.5) is 4.79 Å². The van der Waals surface area contributed by atoms with Crippen molar-refractivity contribution in [3.63, 3.8) is 0 Å². The lowest BCUT2D eigenvalue weighted by Gasteiger charge is -2.16. The largest absolute Gasteiger partial charge is 0.479 e. The molecule has 19 heavy (non-hydrogen) atoms. The maximum atomic E-state index is 11.3. The molecule has 0 aliphatic heterocycles. The molecule has 104 valence electrons. The number of hydroxylamine groups is 1. The summed E-state index contributed by atoms with van der Waals surface area (Å²) in [6.07, 6.45) is -1.93. The fourth-order valence-corrected chi connectivity index (χ4v) is 1.34. The number of carbonyl (C=O) groups is 2. The Hall–Kier alpha value is -2.08. The molecule has 0 spiro atoms. The average Bonchev–Trinajstić information content (AvgIpc) is 2.37. The van der Waals surface area contributed by atoms with Crippen molar-refractivity contribution in [1.29, 1.82) is 0 Å². The lowest BCUT2D eigenvalue weighted by molar-refractivity contribution is -0.158. The number of carboxylic acid groups (broad SMARTS) is 1. The summed E-state index contributed by atoms with van der Waals surface area (Å²) in [7, 11) is 0. The highest BCUT2D eigenvalue weighted by atomic mass is 16.7. The Morgan fingerprint density at radius 1 is 1.26 bits per heavy atom. The van der Waals surface area contributed by atoms with Crippen LogP contribution in [0, 0.1) is 5.92 Å². The third-order valence-electron chi connectivity index (χ3n) is 2.33. The summed E-state index contributed by atoms with van der Waals surface area (Å²) in [5.74, 6) is -1.41. The molecule has 0 heterocycles. The molecular weight excluding hydrogens is 250 g/mol. The Balaban J connectivity index is 2.33. The normalized spacial score (nSPS) is 11.9. The van der Waals surface area contributed by atoms with Crippen LogP contribution < -0.4 is 5.48 Å². The van der Waals surface area contributed by atoms with Crippen molar-refractivity contribution < 1.29 is 24.3 Å². The van der Waals surface area contributed by atoms with E-state index in [1.165, 1.54) is 0 Å². The van der Waals surface area contributed by atoms with Crippen LogP contribution in [0.2, 0.25) is 0 Å². The van der Waals surface area contributed by atoms with Gasteiger partial charge in [-0.2, -0.15) is 5.48 Å². The molecule has 0 unspecified atom stereocenters. The highest BCUT2D eigenvalue weighted by Crippen LogP contribution is 2.05. The van der Waals surface area contributed by atoms with Crippen LogP contribution in [-0.4, -0.2) is 23.3 Å². The minimum absolute atomic E-state index is 0.0927. The van der Waals surface area contributed by atoms with Crippen molar-refractivity contribution in [1.82, 2.24) is 5.48 Å². The van der Waals surface area contributed by atoms with Gasteiger partial charge in [0.1, 0.15) is 6.61 Å². The molecule has 0 bridgehead atoms. The maximum absolute atomic E-state index is 11.3. The molecule has 0 aliphatic rings. The van der Waals surface area contributed by atoms with E-state index in [2.05, 4.69) is 0 Å². The topological polar surface area (TPSA) is 84.9 Å². The van der Waals surface area contributed by atoms with Crippen molar-refractivity contribution in [3.8, 4) is 0 Å². The quantitative estimate of drug-likeness (QED) is 0.769. The zero-order chi connectivity index (χ0) is 14.3. The first-order valence-corrected chi connectivity index (χ1v) is 5.86. The Morgan fingerprint density at radius 2 is 1.89 bits per heavy atom. The van der Waals surface area contributed by atoms with Gasteiger partial charge in [0.05, 0.1) is 0 Å². The van der Waals surface area contributed by atoms with Gasteiger partial charge in [0.25, 0.3) is 0 Å². The predicted octanol–water partition coefficient (Wildman–Crippen LogP) is 1.95. The number of nitrogens with one attached hydrogen (secondary N) is 1. The Labute approximate surface area is 111 Å². The van der Waals surface area contributed by atoms with E-state index in [1.807, 2.05) is 35.8 Å².